The molecule has 1 fully saturated rings. The quantitative estimate of drug-likeness (QED) is 0.744. The first-order chi connectivity index (χ1) is 12.7. The lowest BCUT2D eigenvalue weighted by Gasteiger charge is -2.33. The van der Waals surface area contributed by atoms with E-state index in [-0.39, 0.29) is 5.91 Å². The maximum atomic E-state index is 12.4. The van der Waals surface area contributed by atoms with E-state index < -0.39 is 0 Å². The zero-order valence-electron chi connectivity index (χ0n) is 15.0. The van der Waals surface area contributed by atoms with Crippen LogP contribution in [0.15, 0.2) is 34.9 Å². The van der Waals surface area contributed by atoms with E-state index >= 15 is 0 Å². The maximum absolute atomic E-state index is 12.4. The number of benzene rings is 1. The van der Waals surface area contributed by atoms with E-state index in [9.17, 15) is 4.79 Å². The van der Waals surface area contributed by atoms with Gasteiger partial charge in [0.15, 0.2) is 11.7 Å². The van der Waals surface area contributed by atoms with Gasteiger partial charge in [-0.25, -0.2) is 4.98 Å². The van der Waals surface area contributed by atoms with Gasteiger partial charge in [0.25, 0.3) is 0 Å². The number of aromatic nitrogens is 1. The molecule has 6 nitrogen and oxygen atoms in total. The predicted octanol–water partition coefficient (Wildman–Crippen LogP) is 2.06. The molecule has 1 aliphatic rings. The van der Waals surface area contributed by atoms with Crippen molar-refractivity contribution in [3.8, 4) is 29.4 Å². The van der Waals surface area contributed by atoms with Crippen LogP contribution in [0.3, 0.4) is 0 Å². The van der Waals surface area contributed by atoms with Gasteiger partial charge in [-0.3, -0.25) is 9.69 Å². The second-order valence-corrected chi connectivity index (χ2v) is 6.21. The Morgan fingerprint density at radius 2 is 2.00 bits per heavy atom. The summed E-state index contributed by atoms with van der Waals surface area (Å²) in [5.41, 5.74) is 0.931. The van der Waals surface area contributed by atoms with E-state index in [0.29, 0.717) is 31.0 Å². The number of nitrogens with zero attached hydrogens (tertiary/aromatic N) is 3. The fourth-order valence-electron chi connectivity index (χ4n) is 2.97. The SMILES string of the molecule is C#CCN1CCN(C(=O)CCc2ncc(-c3ccc(OC)cc3)o2)CC1. The zero-order valence-corrected chi connectivity index (χ0v) is 15.0. The summed E-state index contributed by atoms with van der Waals surface area (Å²) in [6, 6.07) is 7.59. The molecule has 0 N–H and O–H groups in total. The topological polar surface area (TPSA) is 58.8 Å². The van der Waals surface area contributed by atoms with E-state index in [0.717, 1.165) is 37.5 Å². The summed E-state index contributed by atoms with van der Waals surface area (Å²) in [5.74, 6) is 4.84. The number of ether oxygens (including phenoxy) is 1. The molecule has 0 aliphatic carbocycles. The number of hydrogen-bond acceptors (Lipinski definition) is 5. The number of rotatable bonds is 6. The van der Waals surface area contributed by atoms with Crippen molar-refractivity contribution in [2.24, 2.45) is 0 Å². The monoisotopic (exact) mass is 353 g/mol. The summed E-state index contributed by atoms with van der Waals surface area (Å²) in [5, 5.41) is 0. The minimum atomic E-state index is 0.134. The van der Waals surface area contributed by atoms with Gasteiger partial charge in [0.1, 0.15) is 5.75 Å². The van der Waals surface area contributed by atoms with E-state index in [4.69, 9.17) is 15.6 Å². The molecule has 0 radical (unpaired) electrons. The normalized spacial score (nSPS) is 14.8. The highest BCUT2D eigenvalue weighted by Crippen LogP contribution is 2.23. The largest absolute Gasteiger partial charge is 0.497 e. The Labute approximate surface area is 153 Å². The smallest absolute Gasteiger partial charge is 0.223 e. The fraction of sp³-hybridized carbons (Fsp3) is 0.400. The molecule has 3 rings (SSSR count). The molecule has 0 saturated carbocycles. The summed E-state index contributed by atoms with van der Waals surface area (Å²) in [7, 11) is 1.63. The third-order valence-electron chi connectivity index (χ3n) is 4.52. The van der Waals surface area contributed by atoms with Crippen molar-refractivity contribution in [1.29, 1.82) is 0 Å². The van der Waals surface area contributed by atoms with Gasteiger partial charge >= 0.3 is 0 Å². The van der Waals surface area contributed by atoms with Crippen LogP contribution in [0.25, 0.3) is 11.3 Å². The number of aryl methyl sites for hydroxylation is 1. The zero-order chi connectivity index (χ0) is 18.4. The van der Waals surface area contributed by atoms with E-state index in [2.05, 4.69) is 15.8 Å². The highest BCUT2D eigenvalue weighted by Gasteiger charge is 2.20. The molecule has 2 heterocycles. The minimum Gasteiger partial charge on any atom is -0.497 e. The second-order valence-electron chi connectivity index (χ2n) is 6.21. The van der Waals surface area contributed by atoms with Crippen LogP contribution in [-0.4, -0.2) is 60.5 Å². The molecule has 2 aromatic rings. The van der Waals surface area contributed by atoms with Gasteiger partial charge in [0, 0.05) is 44.6 Å². The summed E-state index contributed by atoms with van der Waals surface area (Å²) >= 11 is 0. The van der Waals surface area contributed by atoms with Gasteiger partial charge in [0.05, 0.1) is 19.9 Å². The molecule has 1 aromatic carbocycles. The van der Waals surface area contributed by atoms with Gasteiger partial charge in [0.2, 0.25) is 5.91 Å². The van der Waals surface area contributed by atoms with Gasteiger partial charge < -0.3 is 14.1 Å². The Hall–Kier alpha value is -2.78. The molecule has 1 saturated heterocycles. The van der Waals surface area contributed by atoms with E-state index in [1.165, 1.54) is 0 Å². The summed E-state index contributed by atoms with van der Waals surface area (Å²) < 4.78 is 10.9. The third-order valence-corrected chi connectivity index (χ3v) is 4.52. The second kappa shape index (κ2) is 8.54. The molecular weight excluding hydrogens is 330 g/mol. The summed E-state index contributed by atoms with van der Waals surface area (Å²) in [4.78, 5) is 20.7. The molecule has 136 valence electrons. The number of hydrogen-bond donors (Lipinski definition) is 0. The van der Waals surface area contributed by atoms with E-state index in [1.807, 2.05) is 29.2 Å². The average molecular weight is 353 g/mol. The van der Waals surface area contributed by atoms with Crippen LogP contribution in [0.4, 0.5) is 0 Å². The number of terminal acetylenes is 1. The Kier molecular flexibility index (Phi) is 5.92. The lowest BCUT2D eigenvalue weighted by molar-refractivity contribution is -0.132. The first-order valence-corrected chi connectivity index (χ1v) is 8.72. The molecule has 0 unspecified atom stereocenters. The van der Waals surface area contributed by atoms with Crippen molar-refractivity contribution in [1.82, 2.24) is 14.8 Å². The fourth-order valence-corrected chi connectivity index (χ4v) is 2.97. The first-order valence-electron chi connectivity index (χ1n) is 8.72. The summed E-state index contributed by atoms with van der Waals surface area (Å²) in [6.07, 6.45) is 7.92. The molecule has 0 atom stereocenters. The number of amides is 1. The van der Waals surface area contributed by atoms with Gasteiger partial charge in [-0.05, 0) is 24.3 Å². The van der Waals surface area contributed by atoms with Crippen LogP contribution < -0.4 is 4.74 Å². The first kappa shape index (κ1) is 18.0. The van der Waals surface area contributed by atoms with Crippen LogP contribution >= 0.6 is 0 Å². The number of oxazole rings is 1. The van der Waals surface area contributed by atoms with Crippen LogP contribution in [0.5, 0.6) is 5.75 Å². The van der Waals surface area contributed by atoms with E-state index in [1.54, 1.807) is 13.3 Å². The molecule has 1 aliphatic heterocycles. The average Bonchev–Trinajstić information content (AvgIpc) is 3.16. The highest BCUT2D eigenvalue weighted by molar-refractivity contribution is 5.76. The maximum Gasteiger partial charge on any atom is 0.223 e. The van der Waals surface area contributed by atoms with Crippen molar-refractivity contribution in [3.05, 3.63) is 36.4 Å². The standard InChI is InChI=1S/C20H23N3O3/c1-3-10-22-11-13-23(14-12-22)20(24)9-8-19-21-15-18(26-19)16-4-6-17(25-2)7-5-16/h1,4-7,15H,8-14H2,2H3. The summed E-state index contributed by atoms with van der Waals surface area (Å²) in [6.45, 7) is 3.76. The predicted molar refractivity (Wildman–Crippen MR) is 98.7 cm³/mol. The minimum absolute atomic E-state index is 0.134. The van der Waals surface area contributed by atoms with Gasteiger partial charge in [-0.15, -0.1) is 6.42 Å². The van der Waals surface area contributed by atoms with Crippen molar-refractivity contribution < 1.29 is 13.9 Å². The lowest BCUT2D eigenvalue weighted by Crippen LogP contribution is -2.48. The Bertz CT molecular complexity index is 768. The molecule has 0 spiro atoms. The highest BCUT2D eigenvalue weighted by atomic mass is 16.5. The molecule has 26 heavy (non-hydrogen) atoms. The number of carbonyl (C=O) groups excluding carboxylic acids is 1. The molecule has 0 bridgehead atoms. The Balaban J connectivity index is 1.50. The lowest BCUT2D eigenvalue weighted by atomic mass is 10.2. The Morgan fingerprint density at radius 1 is 1.27 bits per heavy atom. The van der Waals surface area contributed by atoms with Crippen molar-refractivity contribution >= 4 is 5.91 Å². The molecule has 1 amide bonds. The van der Waals surface area contributed by atoms with Crippen LogP contribution in [0.1, 0.15) is 12.3 Å². The number of methoxy groups -OCH3 is 1. The molecule has 6 heteroatoms. The van der Waals surface area contributed by atoms with Gasteiger partial charge in [-0.1, -0.05) is 5.92 Å². The Morgan fingerprint density at radius 3 is 2.65 bits per heavy atom. The van der Waals surface area contributed by atoms with Crippen LogP contribution in [0.2, 0.25) is 0 Å². The number of piperazine rings is 1. The van der Waals surface area contributed by atoms with Crippen molar-refractivity contribution in [2.75, 3.05) is 39.8 Å². The molecular formula is C20H23N3O3. The number of carbonyl (C=O) groups is 1. The third kappa shape index (κ3) is 4.44. The van der Waals surface area contributed by atoms with Gasteiger partial charge in [-0.2, -0.15) is 0 Å². The molecule has 1 aromatic heterocycles. The van der Waals surface area contributed by atoms with Crippen molar-refractivity contribution in [2.45, 2.75) is 12.8 Å². The van der Waals surface area contributed by atoms with Crippen LogP contribution in [0, 0.1) is 12.3 Å². The van der Waals surface area contributed by atoms with Crippen molar-refractivity contribution in [3.63, 3.8) is 0 Å². The van der Waals surface area contributed by atoms with Crippen LogP contribution in [-0.2, 0) is 11.2 Å².